The first-order valence-electron chi connectivity index (χ1n) is 5.92. The number of carbonyl (C=O) groups excluding carboxylic acids is 1. The molecule has 0 aliphatic carbocycles. The van der Waals surface area contributed by atoms with Gasteiger partial charge in [0.1, 0.15) is 5.82 Å². The maximum absolute atomic E-state index is 12.9. The van der Waals surface area contributed by atoms with Crippen LogP contribution >= 0.6 is 0 Å². The van der Waals surface area contributed by atoms with Crippen molar-refractivity contribution < 1.29 is 9.18 Å². The second kappa shape index (κ2) is 5.14. The summed E-state index contributed by atoms with van der Waals surface area (Å²) in [6.45, 7) is 3.48. The quantitative estimate of drug-likeness (QED) is 0.795. The van der Waals surface area contributed by atoms with Crippen LogP contribution in [0.3, 0.4) is 0 Å². The van der Waals surface area contributed by atoms with Gasteiger partial charge in [0.2, 0.25) is 0 Å². The molecular formula is C14H13FN2O2. The van der Waals surface area contributed by atoms with Crippen LogP contribution in [0.2, 0.25) is 0 Å². The van der Waals surface area contributed by atoms with Crippen LogP contribution < -0.4 is 5.56 Å². The van der Waals surface area contributed by atoms with Gasteiger partial charge in [-0.25, -0.2) is 9.07 Å². The third-order valence-corrected chi connectivity index (χ3v) is 2.79. The number of benzene rings is 1. The van der Waals surface area contributed by atoms with Gasteiger partial charge in [-0.1, -0.05) is 0 Å². The van der Waals surface area contributed by atoms with Crippen LogP contribution in [0, 0.1) is 5.82 Å². The van der Waals surface area contributed by atoms with E-state index < -0.39 is 5.56 Å². The van der Waals surface area contributed by atoms with Crippen molar-refractivity contribution in [3.63, 3.8) is 0 Å². The molecular weight excluding hydrogens is 247 g/mol. The summed E-state index contributed by atoms with van der Waals surface area (Å²) in [5.41, 5.74) is 0.829. The van der Waals surface area contributed by atoms with E-state index in [1.165, 1.54) is 29.8 Å². The van der Waals surface area contributed by atoms with Crippen LogP contribution in [0.4, 0.5) is 4.39 Å². The van der Waals surface area contributed by atoms with Gasteiger partial charge < -0.3 is 0 Å². The van der Waals surface area contributed by atoms with Gasteiger partial charge in [0.05, 0.1) is 11.3 Å². The molecule has 2 aromatic rings. The van der Waals surface area contributed by atoms with Gasteiger partial charge in [0.15, 0.2) is 5.78 Å². The van der Waals surface area contributed by atoms with E-state index in [9.17, 15) is 14.0 Å². The maximum Gasteiger partial charge on any atom is 0.277 e. The highest BCUT2D eigenvalue weighted by molar-refractivity contribution is 5.94. The van der Waals surface area contributed by atoms with Gasteiger partial charge in [0.25, 0.3) is 5.56 Å². The molecule has 2 rings (SSSR count). The molecule has 98 valence electrons. The van der Waals surface area contributed by atoms with E-state index in [1.807, 2.05) is 0 Å². The summed E-state index contributed by atoms with van der Waals surface area (Å²) in [5, 5.41) is 4.16. The zero-order chi connectivity index (χ0) is 14.0. The van der Waals surface area contributed by atoms with Crippen LogP contribution in [-0.2, 0) is 6.54 Å². The molecule has 0 unspecified atom stereocenters. The summed E-state index contributed by atoms with van der Waals surface area (Å²) in [6.07, 6.45) is 0. The number of carbonyl (C=O) groups is 1. The summed E-state index contributed by atoms with van der Waals surface area (Å²) in [5.74, 6) is -0.655. The summed E-state index contributed by atoms with van der Waals surface area (Å²) in [6, 6.07) is 7.19. The SMILES string of the molecule is CCn1nc(-c2ccc(F)cc2)cc(C(C)=O)c1=O. The fourth-order valence-corrected chi connectivity index (χ4v) is 1.77. The average Bonchev–Trinajstić information content (AvgIpc) is 2.39. The third kappa shape index (κ3) is 2.59. The van der Waals surface area contributed by atoms with Crippen LogP contribution in [0.25, 0.3) is 11.3 Å². The highest BCUT2D eigenvalue weighted by Crippen LogP contribution is 2.17. The molecule has 0 radical (unpaired) electrons. The number of aromatic nitrogens is 2. The van der Waals surface area contributed by atoms with Gasteiger partial charge in [-0.05, 0) is 44.2 Å². The Balaban J connectivity index is 2.64. The number of rotatable bonds is 3. The van der Waals surface area contributed by atoms with E-state index in [0.717, 1.165) is 0 Å². The Bertz CT molecular complexity index is 675. The summed E-state index contributed by atoms with van der Waals surface area (Å²) >= 11 is 0. The molecule has 0 atom stereocenters. The summed E-state index contributed by atoms with van der Waals surface area (Å²) in [4.78, 5) is 23.4. The molecule has 5 heteroatoms. The molecule has 0 amide bonds. The van der Waals surface area contributed by atoms with Crippen molar-refractivity contribution in [2.24, 2.45) is 0 Å². The molecule has 0 aliphatic heterocycles. The molecule has 0 N–H and O–H groups in total. The van der Waals surface area contributed by atoms with Crippen molar-refractivity contribution >= 4 is 5.78 Å². The Morgan fingerprint density at radius 2 is 1.95 bits per heavy atom. The van der Waals surface area contributed by atoms with Crippen LogP contribution in [0.5, 0.6) is 0 Å². The minimum atomic E-state index is -0.402. The molecule has 4 nitrogen and oxygen atoms in total. The van der Waals surface area contributed by atoms with E-state index in [4.69, 9.17) is 0 Å². The molecule has 0 aliphatic rings. The Hall–Kier alpha value is -2.30. The molecule has 19 heavy (non-hydrogen) atoms. The van der Waals surface area contributed by atoms with Gasteiger partial charge in [-0.15, -0.1) is 0 Å². The van der Waals surface area contributed by atoms with E-state index in [-0.39, 0.29) is 17.2 Å². The van der Waals surface area contributed by atoms with E-state index in [0.29, 0.717) is 17.8 Å². The van der Waals surface area contributed by atoms with Gasteiger partial charge in [0, 0.05) is 12.1 Å². The highest BCUT2D eigenvalue weighted by atomic mass is 19.1. The Labute approximate surface area is 109 Å². The van der Waals surface area contributed by atoms with Gasteiger partial charge in [-0.2, -0.15) is 5.10 Å². The highest BCUT2D eigenvalue weighted by Gasteiger charge is 2.12. The summed E-state index contributed by atoms with van der Waals surface area (Å²) in [7, 11) is 0. The minimum Gasteiger partial charge on any atom is -0.294 e. The maximum atomic E-state index is 12.9. The molecule has 1 aromatic carbocycles. The standard InChI is InChI=1S/C14H13FN2O2/c1-3-17-14(19)12(9(2)18)8-13(16-17)10-4-6-11(15)7-5-10/h4-8H,3H2,1-2H3. The topological polar surface area (TPSA) is 52.0 Å². The predicted octanol–water partition coefficient (Wildman–Crippen LogP) is 2.27. The fourth-order valence-electron chi connectivity index (χ4n) is 1.77. The zero-order valence-electron chi connectivity index (χ0n) is 10.7. The second-order valence-electron chi connectivity index (χ2n) is 4.13. The molecule has 0 saturated carbocycles. The van der Waals surface area contributed by atoms with Crippen molar-refractivity contribution in [3.05, 3.63) is 52.1 Å². The predicted molar refractivity (Wildman–Crippen MR) is 69.6 cm³/mol. The lowest BCUT2D eigenvalue weighted by molar-refractivity contribution is 0.101. The molecule has 0 saturated heterocycles. The minimum absolute atomic E-state index is 0.0937. The molecule has 0 bridgehead atoms. The van der Waals surface area contributed by atoms with Crippen molar-refractivity contribution in [2.45, 2.75) is 20.4 Å². The normalized spacial score (nSPS) is 10.5. The molecule has 0 fully saturated rings. The molecule has 1 heterocycles. The lowest BCUT2D eigenvalue weighted by Gasteiger charge is -2.07. The smallest absolute Gasteiger partial charge is 0.277 e. The Kier molecular flexibility index (Phi) is 3.55. The number of Topliss-reactive ketones (excluding diaryl/α,β-unsaturated/α-hetero) is 1. The van der Waals surface area contributed by atoms with Gasteiger partial charge in [-0.3, -0.25) is 9.59 Å². The number of aryl methyl sites for hydroxylation is 1. The average molecular weight is 260 g/mol. The molecule has 1 aromatic heterocycles. The van der Waals surface area contributed by atoms with Crippen molar-refractivity contribution in [1.82, 2.24) is 9.78 Å². The molecule has 0 spiro atoms. The first-order valence-corrected chi connectivity index (χ1v) is 5.92. The number of halogens is 1. The monoisotopic (exact) mass is 260 g/mol. The second-order valence-corrected chi connectivity index (χ2v) is 4.13. The van der Waals surface area contributed by atoms with Crippen molar-refractivity contribution in [3.8, 4) is 11.3 Å². The number of ketones is 1. The number of hydrogen-bond acceptors (Lipinski definition) is 3. The van der Waals surface area contributed by atoms with E-state index >= 15 is 0 Å². The first kappa shape index (κ1) is 13.1. The van der Waals surface area contributed by atoms with Crippen LogP contribution in [-0.4, -0.2) is 15.6 Å². The zero-order valence-corrected chi connectivity index (χ0v) is 10.7. The lowest BCUT2D eigenvalue weighted by Crippen LogP contribution is -2.27. The van der Waals surface area contributed by atoms with Crippen LogP contribution in [0.1, 0.15) is 24.2 Å². The first-order chi connectivity index (χ1) is 9.02. The number of nitrogens with zero attached hydrogens (tertiary/aromatic N) is 2. The Morgan fingerprint density at radius 1 is 1.32 bits per heavy atom. The van der Waals surface area contributed by atoms with E-state index in [1.54, 1.807) is 19.1 Å². The van der Waals surface area contributed by atoms with Crippen molar-refractivity contribution in [1.29, 1.82) is 0 Å². The van der Waals surface area contributed by atoms with Gasteiger partial charge >= 0.3 is 0 Å². The van der Waals surface area contributed by atoms with E-state index in [2.05, 4.69) is 5.10 Å². The van der Waals surface area contributed by atoms with Crippen molar-refractivity contribution in [2.75, 3.05) is 0 Å². The largest absolute Gasteiger partial charge is 0.294 e. The summed E-state index contributed by atoms with van der Waals surface area (Å²) < 4.78 is 14.1. The third-order valence-electron chi connectivity index (χ3n) is 2.79. The number of hydrogen-bond donors (Lipinski definition) is 0. The fraction of sp³-hybridized carbons (Fsp3) is 0.214. The Morgan fingerprint density at radius 3 is 2.47 bits per heavy atom. The lowest BCUT2D eigenvalue weighted by atomic mass is 10.1. The van der Waals surface area contributed by atoms with Crippen LogP contribution in [0.15, 0.2) is 35.1 Å².